The molecule has 0 aliphatic rings. The summed E-state index contributed by atoms with van der Waals surface area (Å²) in [5.74, 6) is 0.395. The van der Waals surface area contributed by atoms with Gasteiger partial charge in [-0.3, -0.25) is 0 Å². The first kappa shape index (κ1) is 13.5. The third-order valence-corrected chi connectivity index (χ3v) is 2.66. The van der Waals surface area contributed by atoms with Crippen molar-refractivity contribution < 1.29 is 64.4 Å². The van der Waals surface area contributed by atoms with E-state index in [1.807, 2.05) is 6.92 Å². The summed E-state index contributed by atoms with van der Waals surface area (Å²) in [4.78, 5) is 0. The average molecular weight is 194 g/mol. The first-order valence-corrected chi connectivity index (χ1v) is 5.07. The van der Waals surface area contributed by atoms with Crippen molar-refractivity contribution in [1.82, 2.24) is 0 Å². The Hall–Kier alpha value is 1.90. The van der Waals surface area contributed by atoms with Gasteiger partial charge in [-0.15, -0.1) is 0 Å². The second-order valence-corrected chi connectivity index (χ2v) is 4.62. The molecule has 0 aliphatic carbocycles. The Morgan fingerprint density at radius 1 is 1.56 bits per heavy atom. The van der Waals surface area contributed by atoms with Crippen molar-refractivity contribution in [2.24, 2.45) is 0 Å². The molecule has 6 heteroatoms. The van der Waals surface area contributed by atoms with Gasteiger partial charge in [0.05, 0.1) is 0 Å². The molecule has 0 fully saturated rings. The molecule has 0 spiro atoms. The minimum atomic E-state index is -4.02. The maximum absolute atomic E-state index is 9.80. The summed E-state index contributed by atoms with van der Waals surface area (Å²) in [6.45, 7) is 1.82. The molecule has 0 saturated heterocycles. The molecule has 0 heterocycles. The van der Waals surface area contributed by atoms with E-state index >= 15 is 0 Å². The Bertz CT molecular complexity index is 141. The van der Waals surface area contributed by atoms with Crippen LogP contribution < -0.4 is 51.4 Å². The monoisotopic (exact) mass is 194 g/mol. The second-order valence-electron chi connectivity index (χ2n) is 1.23. The molecule has 3 nitrogen and oxygen atoms in total. The Morgan fingerprint density at radius 2 is 2.00 bits per heavy atom. The van der Waals surface area contributed by atoms with Crippen LogP contribution in [0.4, 0.5) is 0 Å². The molecule has 9 heavy (non-hydrogen) atoms. The quantitative estimate of drug-likeness (QED) is 0.285. The van der Waals surface area contributed by atoms with E-state index in [0.29, 0.717) is 23.0 Å². The van der Waals surface area contributed by atoms with Crippen LogP contribution in [-0.2, 0) is 9.15 Å². The fourth-order valence-electron chi connectivity index (χ4n) is 0.185. The Balaban J connectivity index is 0. The molecule has 0 N–H and O–H groups in total. The molecule has 0 saturated carbocycles. The van der Waals surface area contributed by atoms with E-state index in [0.717, 1.165) is 0 Å². The van der Waals surface area contributed by atoms with Gasteiger partial charge in [0.15, 0.2) is 0 Å². The summed E-state index contributed by atoms with van der Waals surface area (Å²) in [5, 5.41) is 0. The molecular formula is C3H7KO3S2. The minimum Gasteiger partial charge on any atom is -0.739 e. The molecule has 0 aliphatic heterocycles. The van der Waals surface area contributed by atoms with Gasteiger partial charge in [0, 0.05) is 5.75 Å². The van der Waals surface area contributed by atoms with Crippen molar-refractivity contribution in [3.8, 4) is 0 Å². The van der Waals surface area contributed by atoms with Crippen molar-refractivity contribution >= 4 is 19.9 Å². The molecule has 50 valence electrons. The van der Waals surface area contributed by atoms with Crippen molar-refractivity contribution in [1.29, 1.82) is 0 Å². The molecule has 0 aromatic rings. The topological polar surface area (TPSA) is 57.2 Å². The van der Waals surface area contributed by atoms with Crippen molar-refractivity contribution in [3.05, 3.63) is 0 Å². The average Bonchev–Trinajstić information content (AvgIpc) is 1.59. The van der Waals surface area contributed by atoms with Gasteiger partial charge in [-0.2, -0.15) is 0 Å². The van der Waals surface area contributed by atoms with Gasteiger partial charge >= 0.3 is 51.4 Å². The van der Waals surface area contributed by atoms with Crippen molar-refractivity contribution in [2.45, 2.75) is 13.3 Å². The van der Waals surface area contributed by atoms with Gasteiger partial charge in [0.1, 0.15) is 9.15 Å². The van der Waals surface area contributed by atoms with E-state index in [1.165, 1.54) is 0 Å². The first-order chi connectivity index (χ1) is 3.56. The van der Waals surface area contributed by atoms with Crippen LogP contribution in [0.25, 0.3) is 0 Å². The molecule has 0 bridgehead atoms. The molecule has 0 aromatic heterocycles. The molecule has 0 amide bonds. The van der Waals surface area contributed by atoms with E-state index in [1.54, 1.807) is 0 Å². The predicted molar refractivity (Wildman–Crippen MR) is 32.4 cm³/mol. The van der Waals surface area contributed by atoms with Gasteiger partial charge in [0.2, 0.25) is 0 Å². The standard InChI is InChI=1S/C3H8O3S2.K/c1-2-3-7-8(4,5)6;/h2-3H2,1H3,(H,4,5,6);/q;+1/p-1. The Labute approximate surface area is 102 Å². The zero-order valence-corrected chi connectivity index (χ0v) is 10.2. The minimum absolute atomic E-state index is 0. The van der Waals surface area contributed by atoms with Crippen molar-refractivity contribution in [2.75, 3.05) is 5.75 Å². The summed E-state index contributed by atoms with van der Waals surface area (Å²) in [6.07, 6.45) is 0.714. The van der Waals surface area contributed by atoms with E-state index in [2.05, 4.69) is 0 Å². The molecule has 0 aromatic carbocycles. The number of hydrogen-bond acceptors (Lipinski definition) is 4. The summed E-state index contributed by atoms with van der Waals surface area (Å²) in [6, 6.07) is 0. The van der Waals surface area contributed by atoms with E-state index in [9.17, 15) is 13.0 Å². The Morgan fingerprint density at radius 3 is 2.11 bits per heavy atom. The molecule has 0 unspecified atom stereocenters. The fraction of sp³-hybridized carbons (Fsp3) is 1.00. The first-order valence-electron chi connectivity index (χ1n) is 2.16. The Kier molecular flexibility index (Phi) is 9.88. The van der Waals surface area contributed by atoms with Crippen LogP contribution in [0.2, 0.25) is 0 Å². The van der Waals surface area contributed by atoms with Crippen LogP contribution in [0.1, 0.15) is 13.3 Å². The van der Waals surface area contributed by atoms with Crippen LogP contribution in [0, 0.1) is 0 Å². The SMILES string of the molecule is CCCSS(=O)(=O)[O-].[K+]. The third kappa shape index (κ3) is 13.0. The summed E-state index contributed by atoms with van der Waals surface area (Å²) < 4.78 is 29.4. The van der Waals surface area contributed by atoms with Crippen LogP contribution in [0.15, 0.2) is 0 Å². The van der Waals surface area contributed by atoms with Crippen LogP contribution in [0.5, 0.6) is 0 Å². The van der Waals surface area contributed by atoms with Crippen LogP contribution >= 0.6 is 10.8 Å². The predicted octanol–water partition coefficient (Wildman–Crippen LogP) is -2.41. The van der Waals surface area contributed by atoms with Crippen molar-refractivity contribution in [3.63, 3.8) is 0 Å². The number of rotatable bonds is 3. The van der Waals surface area contributed by atoms with E-state index in [-0.39, 0.29) is 51.4 Å². The van der Waals surface area contributed by atoms with Gasteiger partial charge < -0.3 is 4.55 Å². The summed E-state index contributed by atoms with van der Waals surface area (Å²) >= 11 is 0. The van der Waals surface area contributed by atoms with Gasteiger partial charge in [-0.1, -0.05) is 6.92 Å². The molecule has 0 rings (SSSR count). The zero-order valence-electron chi connectivity index (χ0n) is 5.46. The summed E-state index contributed by atoms with van der Waals surface area (Å²) in [5.41, 5.74) is 0. The number of hydrogen-bond donors (Lipinski definition) is 0. The third-order valence-electron chi connectivity index (χ3n) is 0.432. The fourth-order valence-corrected chi connectivity index (χ4v) is 1.67. The zero-order chi connectivity index (χ0) is 6.62. The molecule has 0 radical (unpaired) electrons. The maximum Gasteiger partial charge on any atom is 1.00 e. The van der Waals surface area contributed by atoms with E-state index in [4.69, 9.17) is 0 Å². The smallest absolute Gasteiger partial charge is 0.739 e. The normalized spacial score (nSPS) is 10.4. The van der Waals surface area contributed by atoms with Gasteiger partial charge in [-0.05, 0) is 17.2 Å². The largest absolute Gasteiger partial charge is 1.00 e. The molecule has 0 atom stereocenters. The summed E-state index contributed by atoms with van der Waals surface area (Å²) in [7, 11) is -3.57. The van der Waals surface area contributed by atoms with Gasteiger partial charge in [-0.25, -0.2) is 8.42 Å². The van der Waals surface area contributed by atoms with Crippen LogP contribution in [-0.4, -0.2) is 18.7 Å². The maximum atomic E-state index is 9.80. The second kappa shape index (κ2) is 6.60. The van der Waals surface area contributed by atoms with Gasteiger partial charge in [0.25, 0.3) is 0 Å². The molecular weight excluding hydrogens is 187 g/mol. The van der Waals surface area contributed by atoms with E-state index < -0.39 is 9.15 Å². The van der Waals surface area contributed by atoms with Crippen LogP contribution in [0.3, 0.4) is 0 Å².